The summed E-state index contributed by atoms with van der Waals surface area (Å²) in [6.07, 6.45) is -7.10. The number of hydrogen-bond acceptors (Lipinski definition) is 7. The average molecular weight is 293 g/mol. The molecular weight excluding hydrogens is 274 g/mol. The number of aliphatic carboxylic acids is 1. The number of carboxylic acid groups (broad SMARTS) is 1. The van der Waals surface area contributed by atoms with Gasteiger partial charge in [-0.3, -0.25) is 9.59 Å². The molecule has 0 bridgehead atoms. The van der Waals surface area contributed by atoms with Crippen molar-refractivity contribution in [2.45, 2.75) is 49.9 Å². The van der Waals surface area contributed by atoms with Crippen LogP contribution < -0.4 is 5.32 Å². The van der Waals surface area contributed by atoms with Gasteiger partial charge in [-0.15, -0.1) is 0 Å². The van der Waals surface area contributed by atoms with Gasteiger partial charge in [-0.1, -0.05) is 0 Å². The van der Waals surface area contributed by atoms with Gasteiger partial charge in [-0.2, -0.15) is 0 Å². The summed E-state index contributed by atoms with van der Waals surface area (Å²) in [6.45, 7) is -0.587. The molecule has 9 nitrogen and oxygen atoms in total. The lowest BCUT2D eigenvalue weighted by Gasteiger charge is -2.40. The molecule has 1 fully saturated rings. The van der Waals surface area contributed by atoms with E-state index in [-0.39, 0.29) is 19.3 Å². The van der Waals surface area contributed by atoms with Crippen molar-refractivity contribution in [3.8, 4) is 0 Å². The monoisotopic (exact) mass is 293 g/mol. The van der Waals surface area contributed by atoms with E-state index in [0.717, 1.165) is 0 Å². The fourth-order valence-corrected chi connectivity index (χ4v) is 1.85. The second-order valence-corrected chi connectivity index (χ2v) is 4.56. The van der Waals surface area contributed by atoms with Crippen LogP contribution in [-0.4, -0.2) is 74.7 Å². The van der Waals surface area contributed by atoms with Crippen molar-refractivity contribution < 1.29 is 39.9 Å². The molecular formula is C11H19NO8. The maximum Gasteiger partial charge on any atom is 0.303 e. The van der Waals surface area contributed by atoms with Crippen LogP contribution >= 0.6 is 0 Å². The van der Waals surface area contributed by atoms with Gasteiger partial charge in [0.25, 0.3) is 0 Å². The van der Waals surface area contributed by atoms with E-state index < -0.39 is 49.1 Å². The lowest BCUT2D eigenvalue weighted by molar-refractivity contribution is -0.236. The first-order chi connectivity index (χ1) is 9.36. The highest BCUT2D eigenvalue weighted by Gasteiger charge is 2.43. The second kappa shape index (κ2) is 7.50. The van der Waals surface area contributed by atoms with Gasteiger partial charge in [0.2, 0.25) is 5.91 Å². The zero-order valence-corrected chi connectivity index (χ0v) is 10.7. The number of nitrogens with one attached hydrogen (secondary N) is 1. The summed E-state index contributed by atoms with van der Waals surface area (Å²) in [5, 5.41) is 48.4. The Balaban J connectivity index is 2.49. The number of carboxylic acids is 1. The Morgan fingerprint density at radius 3 is 2.25 bits per heavy atom. The third kappa shape index (κ3) is 4.39. The van der Waals surface area contributed by atoms with E-state index in [0.29, 0.717) is 0 Å². The first kappa shape index (κ1) is 16.8. The Hall–Kier alpha value is -1.26. The minimum Gasteiger partial charge on any atom is -0.481 e. The Bertz CT molecular complexity index is 347. The molecule has 1 aliphatic heterocycles. The van der Waals surface area contributed by atoms with Gasteiger partial charge < -0.3 is 35.6 Å². The van der Waals surface area contributed by atoms with Crippen LogP contribution in [0, 0.1) is 0 Å². The van der Waals surface area contributed by atoms with Gasteiger partial charge in [0.1, 0.15) is 24.4 Å². The summed E-state index contributed by atoms with van der Waals surface area (Å²) in [5.41, 5.74) is 0. The first-order valence-corrected chi connectivity index (χ1v) is 6.18. The van der Waals surface area contributed by atoms with Crippen LogP contribution in [0.4, 0.5) is 0 Å². The molecule has 1 aliphatic rings. The lowest BCUT2D eigenvalue weighted by Crippen LogP contribution is -2.63. The summed E-state index contributed by atoms with van der Waals surface area (Å²) in [7, 11) is 0. The third-order valence-corrected chi connectivity index (χ3v) is 2.99. The van der Waals surface area contributed by atoms with Gasteiger partial charge in [0.15, 0.2) is 6.23 Å². The van der Waals surface area contributed by atoms with E-state index in [1.54, 1.807) is 0 Å². The molecule has 0 saturated carbocycles. The Morgan fingerprint density at radius 2 is 1.70 bits per heavy atom. The highest BCUT2D eigenvalue weighted by molar-refractivity contribution is 5.77. The molecule has 0 unspecified atom stereocenters. The summed E-state index contributed by atoms with van der Waals surface area (Å²) in [5.74, 6) is -1.58. The van der Waals surface area contributed by atoms with Crippen LogP contribution in [0.3, 0.4) is 0 Å². The second-order valence-electron chi connectivity index (χ2n) is 4.56. The number of carbonyl (C=O) groups excluding carboxylic acids is 1. The predicted molar refractivity (Wildman–Crippen MR) is 63.4 cm³/mol. The average Bonchev–Trinajstić information content (AvgIpc) is 2.39. The molecule has 1 heterocycles. The highest BCUT2D eigenvalue weighted by Crippen LogP contribution is 2.19. The molecule has 0 aromatic heterocycles. The highest BCUT2D eigenvalue weighted by atomic mass is 16.6. The Labute approximate surface area is 114 Å². The van der Waals surface area contributed by atoms with Crippen LogP contribution in [0.15, 0.2) is 0 Å². The standard InChI is InChI=1S/C11H19NO8/c13-4-5-8(17)9(18)10(19)11(20-5)12-6(14)2-1-3-7(15)16/h5,8-11,13,17-19H,1-4H2,(H,12,14)(H,15,16)/t5-,8-,9+,10-,11-/m1/s1. The van der Waals surface area contributed by atoms with Crippen LogP contribution in [0.25, 0.3) is 0 Å². The Kier molecular flexibility index (Phi) is 6.30. The van der Waals surface area contributed by atoms with Crippen molar-refractivity contribution in [1.82, 2.24) is 5.32 Å². The van der Waals surface area contributed by atoms with E-state index >= 15 is 0 Å². The SMILES string of the molecule is O=C(O)CCCC(=O)N[C@@H]1O[C@H](CO)[C@@H](O)[C@H](O)[C@H]1O. The van der Waals surface area contributed by atoms with E-state index in [2.05, 4.69) is 5.32 Å². The lowest BCUT2D eigenvalue weighted by atomic mass is 9.98. The number of hydrogen-bond donors (Lipinski definition) is 6. The number of rotatable bonds is 6. The summed E-state index contributed by atoms with van der Waals surface area (Å²) in [4.78, 5) is 21.8. The van der Waals surface area contributed by atoms with E-state index in [1.165, 1.54) is 0 Å². The van der Waals surface area contributed by atoms with E-state index in [1.807, 2.05) is 0 Å². The number of carbonyl (C=O) groups is 2. The molecule has 1 amide bonds. The van der Waals surface area contributed by atoms with Gasteiger partial charge in [0, 0.05) is 12.8 Å². The van der Waals surface area contributed by atoms with Crippen molar-refractivity contribution in [2.75, 3.05) is 6.61 Å². The fourth-order valence-electron chi connectivity index (χ4n) is 1.85. The molecule has 20 heavy (non-hydrogen) atoms. The zero-order valence-electron chi connectivity index (χ0n) is 10.7. The van der Waals surface area contributed by atoms with Crippen LogP contribution in [0.1, 0.15) is 19.3 Å². The maximum atomic E-state index is 11.5. The van der Waals surface area contributed by atoms with Crippen molar-refractivity contribution in [3.05, 3.63) is 0 Å². The van der Waals surface area contributed by atoms with Crippen LogP contribution in [-0.2, 0) is 14.3 Å². The molecule has 0 spiro atoms. The van der Waals surface area contributed by atoms with Crippen molar-refractivity contribution >= 4 is 11.9 Å². The summed E-state index contributed by atoms with van der Waals surface area (Å²) < 4.78 is 5.07. The summed E-state index contributed by atoms with van der Waals surface area (Å²) >= 11 is 0. The fraction of sp³-hybridized carbons (Fsp3) is 0.818. The number of aliphatic hydroxyl groups is 4. The smallest absolute Gasteiger partial charge is 0.303 e. The predicted octanol–water partition coefficient (Wildman–Crippen LogP) is -2.84. The molecule has 116 valence electrons. The third-order valence-electron chi connectivity index (χ3n) is 2.99. The molecule has 0 aliphatic carbocycles. The molecule has 0 aromatic carbocycles. The van der Waals surface area contributed by atoms with Gasteiger partial charge in [-0.05, 0) is 6.42 Å². The number of aliphatic hydroxyl groups excluding tert-OH is 4. The topological polar surface area (TPSA) is 157 Å². The van der Waals surface area contributed by atoms with Gasteiger partial charge in [0.05, 0.1) is 6.61 Å². The minimum absolute atomic E-state index is 0.0820. The maximum absolute atomic E-state index is 11.5. The number of amides is 1. The molecule has 0 radical (unpaired) electrons. The normalized spacial score (nSPS) is 33.7. The van der Waals surface area contributed by atoms with Gasteiger partial charge >= 0.3 is 5.97 Å². The van der Waals surface area contributed by atoms with Crippen molar-refractivity contribution in [3.63, 3.8) is 0 Å². The van der Waals surface area contributed by atoms with Crippen molar-refractivity contribution in [1.29, 1.82) is 0 Å². The van der Waals surface area contributed by atoms with E-state index in [9.17, 15) is 24.9 Å². The molecule has 1 saturated heterocycles. The molecule has 6 N–H and O–H groups in total. The largest absolute Gasteiger partial charge is 0.481 e. The first-order valence-electron chi connectivity index (χ1n) is 6.18. The quantitative estimate of drug-likeness (QED) is 0.306. The zero-order chi connectivity index (χ0) is 15.3. The van der Waals surface area contributed by atoms with Gasteiger partial charge in [-0.25, -0.2) is 0 Å². The van der Waals surface area contributed by atoms with Crippen LogP contribution in [0.2, 0.25) is 0 Å². The molecule has 5 atom stereocenters. The molecule has 1 rings (SSSR count). The molecule has 9 heteroatoms. The Morgan fingerprint density at radius 1 is 1.05 bits per heavy atom. The van der Waals surface area contributed by atoms with Crippen LogP contribution in [0.5, 0.6) is 0 Å². The molecule has 0 aromatic rings. The summed E-state index contributed by atoms with van der Waals surface area (Å²) in [6, 6.07) is 0. The minimum atomic E-state index is -1.56. The van der Waals surface area contributed by atoms with Crippen molar-refractivity contribution in [2.24, 2.45) is 0 Å². The van der Waals surface area contributed by atoms with E-state index in [4.69, 9.17) is 14.9 Å². The number of ether oxygens (including phenoxy) is 1.